The fraction of sp³-hybridized carbons (Fsp3) is 0.286. The Labute approximate surface area is 111 Å². The van der Waals surface area contributed by atoms with Gasteiger partial charge in [0.15, 0.2) is 0 Å². The molecular weight excluding hydrogens is 244 g/mol. The first kappa shape index (κ1) is 13.1. The summed E-state index contributed by atoms with van der Waals surface area (Å²) < 4.78 is 5.62. The van der Waals surface area contributed by atoms with Crippen LogP contribution in [0.1, 0.15) is 13.8 Å². The van der Waals surface area contributed by atoms with Crippen molar-refractivity contribution in [2.45, 2.75) is 13.8 Å². The number of hydrogen-bond acceptors (Lipinski definition) is 4. The van der Waals surface area contributed by atoms with Gasteiger partial charge in [-0.25, -0.2) is 0 Å². The molecule has 0 fully saturated rings. The van der Waals surface area contributed by atoms with Crippen molar-refractivity contribution in [1.82, 2.24) is 4.98 Å². The zero-order valence-electron chi connectivity index (χ0n) is 10.9. The number of carboxylic acid groups (broad SMARTS) is 1. The normalized spacial score (nSPS) is 11.5. The molecule has 19 heavy (non-hydrogen) atoms. The van der Waals surface area contributed by atoms with Crippen molar-refractivity contribution >= 4 is 22.6 Å². The molecule has 2 rings (SSSR count). The molecule has 0 amide bonds. The van der Waals surface area contributed by atoms with E-state index in [1.165, 1.54) is 0 Å². The van der Waals surface area contributed by atoms with Gasteiger partial charge in [0.1, 0.15) is 12.4 Å². The summed E-state index contributed by atoms with van der Waals surface area (Å²) >= 11 is 0. The summed E-state index contributed by atoms with van der Waals surface area (Å²) in [4.78, 5) is 15.2. The molecule has 1 aromatic carbocycles. The summed E-state index contributed by atoms with van der Waals surface area (Å²) in [6, 6.07) is 7.08. The van der Waals surface area contributed by atoms with Gasteiger partial charge in [-0.1, -0.05) is 0 Å². The number of fused-ring (bicyclic) bond motifs is 1. The van der Waals surface area contributed by atoms with Crippen LogP contribution in [0.5, 0.6) is 5.75 Å². The largest absolute Gasteiger partial charge is 0.492 e. The van der Waals surface area contributed by atoms with Crippen LogP contribution in [0.2, 0.25) is 0 Å². The van der Waals surface area contributed by atoms with Gasteiger partial charge in [0.2, 0.25) is 0 Å². The predicted octanol–water partition coefficient (Wildman–Crippen LogP) is 2.31. The Morgan fingerprint density at radius 1 is 1.42 bits per heavy atom. The Balaban J connectivity index is 2.32. The third kappa shape index (κ3) is 2.59. The Morgan fingerprint density at radius 2 is 2.16 bits per heavy atom. The number of rotatable bonds is 4. The number of nitrogens with two attached hydrogens (primary N) is 1. The number of aromatic nitrogens is 1. The zero-order valence-corrected chi connectivity index (χ0v) is 10.9. The fourth-order valence-corrected chi connectivity index (χ4v) is 1.61. The molecule has 5 heteroatoms. The van der Waals surface area contributed by atoms with E-state index in [1.807, 2.05) is 6.07 Å². The first-order valence-corrected chi connectivity index (χ1v) is 5.91. The Morgan fingerprint density at radius 3 is 2.84 bits per heavy atom. The minimum absolute atomic E-state index is 0.0796. The lowest BCUT2D eigenvalue weighted by atomic mass is 9.95. The van der Waals surface area contributed by atoms with E-state index >= 15 is 0 Å². The standard InChI is InChI=1S/C14H16N2O3/c1-14(2,13(17)18)8-19-11-6-5-10(15)12-9(11)4-3-7-16-12/h3-7H,8,15H2,1-2H3,(H,17,18). The number of anilines is 1. The number of carbonyl (C=O) groups is 1. The molecule has 1 aromatic heterocycles. The van der Waals surface area contributed by atoms with Gasteiger partial charge in [0.25, 0.3) is 0 Å². The summed E-state index contributed by atoms with van der Waals surface area (Å²) in [5.74, 6) is -0.308. The van der Waals surface area contributed by atoms with Crippen molar-refractivity contribution in [2.75, 3.05) is 12.3 Å². The molecule has 1 heterocycles. The van der Waals surface area contributed by atoms with Crippen LogP contribution in [0.25, 0.3) is 10.9 Å². The van der Waals surface area contributed by atoms with Gasteiger partial charge >= 0.3 is 5.97 Å². The number of nitrogen functional groups attached to an aromatic ring is 1. The van der Waals surface area contributed by atoms with Crippen LogP contribution < -0.4 is 10.5 Å². The molecule has 0 aliphatic heterocycles. The highest BCUT2D eigenvalue weighted by Crippen LogP contribution is 2.29. The van der Waals surface area contributed by atoms with Crippen molar-refractivity contribution in [3.8, 4) is 5.75 Å². The smallest absolute Gasteiger partial charge is 0.312 e. The van der Waals surface area contributed by atoms with Crippen molar-refractivity contribution in [3.05, 3.63) is 30.5 Å². The molecule has 0 saturated carbocycles. The highest BCUT2D eigenvalue weighted by Gasteiger charge is 2.28. The van der Waals surface area contributed by atoms with Crippen molar-refractivity contribution in [1.29, 1.82) is 0 Å². The van der Waals surface area contributed by atoms with E-state index in [-0.39, 0.29) is 6.61 Å². The SMILES string of the molecule is CC(C)(COc1ccc(N)c2ncccc12)C(=O)O. The molecule has 3 N–H and O–H groups in total. The van der Waals surface area contributed by atoms with Crippen LogP contribution in [0, 0.1) is 5.41 Å². The summed E-state index contributed by atoms with van der Waals surface area (Å²) in [7, 11) is 0. The Kier molecular flexibility index (Phi) is 3.29. The molecule has 0 bridgehead atoms. The van der Waals surface area contributed by atoms with Gasteiger partial charge in [0, 0.05) is 11.6 Å². The number of aliphatic carboxylic acids is 1. The summed E-state index contributed by atoms with van der Waals surface area (Å²) in [5.41, 5.74) is 6.12. The predicted molar refractivity (Wildman–Crippen MR) is 73.1 cm³/mol. The molecule has 0 unspecified atom stereocenters. The van der Waals surface area contributed by atoms with Crippen molar-refractivity contribution < 1.29 is 14.6 Å². The molecule has 0 atom stereocenters. The minimum atomic E-state index is -0.948. The summed E-state index contributed by atoms with van der Waals surface area (Å²) in [5, 5.41) is 9.85. The lowest BCUT2D eigenvalue weighted by molar-refractivity contribution is -0.148. The van der Waals surface area contributed by atoms with E-state index in [0.29, 0.717) is 17.0 Å². The number of hydrogen-bond donors (Lipinski definition) is 2. The number of carboxylic acids is 1. The minimum Gasteiger partial charge on any atom is -0.492 e. The van der Waals surface area contributed by atoms with Crippen molar-refractivity contribution in [2.24, 2.45) is 5.41 Å². The van der Waals surface area contributed by atoms with E-state index in [1.54, 1.807) is 38.2 Å². The van der Waals surface area contributed by atoms with E-state index in [4.69, 9.17) is 15.6 Å². The van der Waals surface area contributed by atoms with Gasteiger partial charge in [-0.2, -0.15) is 0 Å². The molecule has 100 valence electrons. The second-order valence-corrected chi connectivity index (χ2v) is 5.03. The maximum Gasteiger partial charge on any atom is 0.312 e. The molecule has 0 radical (unpaired) electrons. The molecule has 2 aromatic rings. The van der Waals surface area contributed by atoms with Crippen LogP contribution in [-0.2, 0) is 4.79 Å². The Bertz CT molecular complexity index is 623. The van der Waals surface area contributed by atoms with E-state index in [0.717, 1.165) is 5.39 Å². The zero-order chi connectivity index (χ0) is 14.0. The molecule has 0 saturated heterocycles. The highest BCUT2D eigenvalue weighted by atomic mass is 16.5. The van der Waals surface area contributed by atoms with Gasteiger partial charge in [-0.15, -0.1) is 0 Å². The van der Waals surface area contributed by atoms with Crippen LogP contribution in [0.15, 0.2) is 30.5 Å². The number of benzene rings is 1. The van der Waals surface area contributed by atoms with Gasteiger partial charge < -0.3 is 15.6 Å². The van der Waals surface area contributed by atoms with E-state index in [9.17, 15) is 4.79 Å². The van der Waals surface area contributed by atoms with Crippen LogP contribution in [0.4, 0.5) is 5.69 Å². The summed E-state index contributed by atoms with van der Waals surface area (Å²) in [6.45, 7) is 3.32. The number of nitrogens with zero attached hydrogens (tertiary/aromatic N) is 1. The Hall–Kier alpha value is -2.30. The van der Waals surface area contributed by atoms with E-state index < -0.39 is 11.4 Å². The maximum absolute atomic E-state index is 11.0. The lowest BCUT2D eigenvalue weighted by Gasteiger charge is -2.20. The monoisotopic (exact) mass is 260 g/mol. The fourth-order valence-electron chi connectivity index (χ4n) is 1.61. The molecule has 0 aliphatic carbocycles. The van der Waals surface area contributed by atoms with Crippen LogP contribution in [0.3, 0.4) is 0 Å². The van der Waals surface area contributed by atoms with Gasteiger partial charge in [-0.05, 0) is 38.1 Å². The first-order chi connectivity index (χ1) is 8.92. The van der Waals surface area contributed by atoms with Crippen LogP contribution >= 0.6 is 0 Å². The second-order valence-electron chi connectivity index (χ2n) is 5.03. The third-order valence-corrected chi connectivity index (χ3v) is 2.93. The first-order valence-electron chi connectivity index (χ1n) is 5.91. The number of ether oxygens (including phenoxy) is 1. The highest BCUT2D eigenvalue weighted by molar-refractivity contribution is 5.93. The van der Waals surface area contributed by atoms with Crippen LogP contribution in [-0.4, -0.2) is 22.7 Å². The van der Waals surface area contributed by atoms with Gasteiger partial charge in [-0.3, -0.25) is 9.78 Å². The molecule has 0 spiro atoms. The average Bonchev–Trinajstić information content (AvgIpc) is 2.38. The van der Waals surface area contributed by atoms with E-state index in [2.05, 4.69) is 4.98 Å². The average molecular weight is 260 g/mol. The van der Waals surface area contributed by atoms with Crippen molar-refractivity contribution in [3.63, 3.8) is 0 Å². The topological polar surface area (TPSA) is 85.4 Å². The molecular formula is C14H16N2O3. The molecule has 0 aliphatic rings. The molecule has 5 nitrogen and oxygen atoms in total. The number of pyridine rings is 1. The third-order valence-electron chi connectivity index (χ3n) is 2.93. The lowest BCUT2D eigenvalue weighted by Crippen LogP contribution is -2.30. The second kappa shape index (κ2) is 4.76. The summed E-state index contributed by atoms with van der Waals surface area (Å²) in [6.07, 6.45) is 1.66. The van der Waals surface area contributed by atoms with Gasteiger partial charge in [0.05, 0.1) is 16.6 Å². The maximum atomic E-state index is 11.0. The quantitative estimate of drug-likeness (QED) is 0.824.